The van der Waals surface area contributed by atoms with Gasteiger partial charge in [-0.2, -0.15) is 9.97 Å². The van der Waals surface area contributed by atoms with Crippen molar-refractivity contribution in [3.8, 4) is 17.8 Å². The Kier molecular flexibility index (Phi) is 4.86. The maximum absolute atomic E-state index is 10.9. The van der Waals surface area contributed by atoms with Crippen LogP contribution >= 0.6 is 27.5 Å². The zero-order valence-corrected chi connectivity index (χ0v) is 13.0. The quantitative estimate of drug-likeness (QED) is 0.583. The zero-order chi connectivity index (χ0) is 15.4. The van der Waals surface area contributed by atoms with E-state index in [9.17, 15) is 10.1 Å². The minimum Gasteiger partial charge on any atom is -0.464 e. The first-order valence-electron chi connectivity index (χ1n) is 5.66. The molecule has 0 amide bonds. The lowest BCUT2D eigenvalue weighted by molar-refractivity contribution is -0.385. The van der Waals surface area contributed by atoms with Crippen LogP contribution in [0.2, 0.25) is 5.28 Å². The van der Waals surface area contributed by atoms with Crippen molar-refractivity contribution in [3.63, 3.8) is 0 Å². The molecule has 0 saturated heterocycles. The maximum Gasteiger partial charge on any atom is 0.329 e. The minimum absolute atomic E-state index is 0.00838. The summed E-state index contributed by atoms with van der Waals surface area (Å²) in [5.41, 5.74) is -0.141. The lowest BCUT2D eigenvalue weighted by Gasteiger charge is -2.07. The number of hydrogen-bond acceptors (Lipinski definition) is 7. The van der Waals surface area contributed by atoms with E-state index in [1.165, 1.54) is 18.2 Å². The van der Waals surface area contributed by atoms with Crippen LogP contribution in [-0.4, -0.2) is 26.5 Å². The van der Waals surface area contributed by atoms with Gasteiger partial charge in [-0.3, -0.25) is 10.1 Å². The van der Waals surface area contributed by atoms with Crippen LogP contribution in [0, 0.1) is 10.1 Å². The van der Waals surface area contributed by atoms with Gasteiger partial charge in [0.15, 0.2) is 5.75 Å². The third-order valence-electron chi connectivity index (χ3n) is 2.18. The van der Waals surface area contributed by atoms with Crippen molar-refractivity contribution >= 4 is 33.2 Å². The van der Waals surface area contributed by atoms with Crippen molar-refractivity contribution < 1.29 is 14.4 Å². The topological polar surface area (TPSA) is 100 Å². The molecule has 0 aliphatic carbocycles. The highest BCUT2D eigenvalue weighted by Gasteiger charge is 2.18. The fourth-order valence-corrected chi connectivity index (χ4v) is 2.01. The molecule has 0 bridgehead atoms. The molecule has 0 aliphatic heterocycles. The number of ether oxygens (including phenoxy) is 2. The molecule has 0 atom stereocenters. The summed E-state index contributed by atoms with van der Waals surface area (Å²) in [6.45, 7) is 2.11. The third kappa shape index (κ3) is 3.76. The van der Waals surface area contributed by atoms with Gasteiger partial charge >= 0.3 is 12.0 Å². The summed E-state index contributed by atoms with van der Waals surface area (Å²) < 4.78 is 10.7. The molecule has 10 heteroatoms. The number of nitrogens with zero attached hydrogens (tertiary/aromatic N) is 4. The fraction of sp³-hybridized carbons (Fsp3) is 0.182. The van der Waals surface area contributed by atoms with Crippen LogP contribution < -0.4 is 9.47 Å². The largest absolute Gasteiger partial charge is 0.464 e. The number of nitro benzene ring substituents is 1. The first-order chi connectivity index (χ1) is 10.0. The Morgan fingerprint density at radius 1 is 1.33 bits per heavy atom. The van der Waals surface area contributed by atoms with Crippen molar-refractivity contribution in [1.29, 1.82) is 0 Å². The summed E-state index contributed by atoms with van der Waals surface area (Å²) in [6, 6.07) is 4.22. The molecule has 0 N–H and O–H groups in total. The molecule has 0 saturated carbocycles. The minimum atomic E-state index is -0.539. The van der Waals surface area contributed by atoms with Gasteiger partial charge in [-0.05, 0) is 40.5 Å². The predicted octanol–water partition coefficient (Wildman–Crippen LogP) is 3.39. The maximum atomic E-state index is 10.9. The summed E-state index contributed by atoms with van der Waals surface area (Å²) in [5, 5.41) is 10.8. The van der Waals surface area contributed by atoms with Gasteiger partial charge in [0.2, 0.25) is 5.28 Å². The summed E-state index contributed by atoms with van der Waals surface area (Å²) in [6.07, 6.45) is 0. The molecule has 2 aromatic rings. The van der Waals surface area contributed by atoms with Crippen molar-refractivity contribution in [2.45, 2.75) is 6.92 Å². The lowest BCUT2D eigenvalue weighted by Crippen LogP contribution is -2.02. The van der Waals surface area contributed by atoms with Crippen LogP contribution in [0.4, 0.5) is 5.69 Å². The van der Waals surface area contributed by atoms with Gasteiger partial charge in [0.25, 0.3) is 5.69 Å². The van der Waals surface area contributed by atoms with E-state index < -0.39 is 4.92 Å². The number of nitro groups is 1. The number of rotatable bonds is 5. The molecule has 8 nitrogen and oxygen atoms in total. The molecule has 0 fully saturated rings. The smallest absolute Gasteiger partial charge is 0.329 e. The van der Waals surface area contributed by atoms with Gasteiger partial charge in [0.05, 0.1) is 11.5 Å². The SMILES string of the molecule is CCOc1nc(Cl)nc(Oc2cccc([N+](=O)[O-])c2Br)n1. The van der Waals surface area contributed by atoms with E-state index in [4.69, 9.17) is 21.1 Å². The molecule has 1 heterocycles. The average molecular weight is 376 g/mol. The van der Waals surface area contributed by atoms with Crippen LogP contribution in [0.1, 0.15) is 6.92 Å². The lowest BCUT2D eigenvalue weighted by atomic mass is 10.3. The average Bonchev–Trinajstić information content (AvgIpc) is 2.40. The van der Waals surface area contributed by atoms with Crippen LogP contribution in [0.15, 0.2) is 22.7 Å². The molecule has 1 aromatic heterocycles. The van der Waals surface area contributed by atoms with Crippen LogP contribution in [0.3, 0.4) is 0 Å². The van der Waals surface area contributed by atoms with Crippen LogP contribution in [0.25, 0.3) is 0 Å². The molecular formula is C11H8BrClN4O4. The molecule has 2 rings (SSSR count). The summed E-state index contributed by atoms with van der Waals surface area (Å²) in [4.78, 5) is 21.7. The van der Waals surface area contributed by atoms with E-state index in [0.29, 0.717) is 6.61 Å². The van der Waals surface area contributed by atoms with E-state index in [2.05, 4.69) is 30.9 Å². The molecule has 0 aliphatic rings. The second kappa shape index (κ2) is 6.64. The van der Waals surface area contributed by atoms with Crippen LogP contribution in [-0.2, 0) is 0 Å². The number of aromatic nitrogens is 3. The third-order valence-corrected chi connectivity index (χ3v) is 3.15. The van der Waals surface area contributed by atoms with Gasteiger partial charge in [-0.1, -0.05) is 6.07 Å². The summed E-state index contributed by atoms with van der Waals surface area (Å²) in [7, 11) is 0. The number of hydrogen-bond donors (Lipinski definition) is 0. The van der Waals surface area contributed by atoms with E-state index >= 15 is 0 Å². The first-order valence-corrected chi connectivity index (χ1v) is 6.83. The predicted molar refractivity (Wildman–Crippen MR) is 76.9 cm³/mol. The van der Waals surface area contributed by atoms with Crippen LogP contribution in [0.5, 0.6) is 17.8 Å². The van der Waals surface area contributed by atoms with Crippen molar-refractivity contribution in [3.05, 3.63) is 38.1 Å². The molecule has 21 heavy (non-hydrogen) atoms. The molecule has 1 aromatic carbocycles. The molecule has 0 radical (unpaired) electrons. The van der Waals surface area contributed by atoms with E-state index in [1.807, 2.05) is 0 Å². The van der Waals surface area contributed by atoms with Gasteiger partial charge in [-0.25, -0.2) is 0 Å². The number of benzene rings is 1. The summed E-state index contributed by atoms with van der Waals surface area (Å²) >= 11 is 8.84. The Balaban J connectivity index is 2.34. The molecule has 110 valence electrons. The second-order valence-corrected chi connectivity index (χ2v) is 4.68. The highest BCUT2D eigenvalue weighted by atomic mass is 79.9. The van der Waals surface area contributed by atoms with E-state index in [0.717, 1.165) is 0 Å². The first kappa shape index (κ1) is 15.4. The molecular weight excluding hydrogens is 368 g/mol. The zero-order valence-electron chi connectivity index (χ0n) is 10.6. The molecule has 0 spiro atoms. The van der Waals surface area contributed by atoms with E-state index in [1.54, 1.807) is 6.92 Å². The Hall–Kier alpha value is -2.00. The van der Waals surface area contributed by atoms with Gasteiger partial charge in [-0.15, -0.1) is 4.98 Å². The Morgan fingerprint density at radius 3 is 2.71 bits per heavy atom. The summed E-state index contributed by atoms with van der Waals surface area (Å²) in [5.74, 6) is 0.175. The molecule has 0 unspecified atom stereocenters. The Labute approximate surface area is 132 Å². The highest BCUT2D eigenvalue weighted by Crippen LogP contribution is 2.35. The normalized spacial score (nSPS) is 10.2. The Bertz CT molecular complexity index is 685. The monoisotopic (exact) mass is 374 g/mol. The van der Waals surface area contributed by atoms with Crippen molar-refractivity contribution in [1.82, 2.24) is 15.0 Å². The van der Waals surface area contributed by atoms with Gasteiger partial charge in [0.1, 0.15) is 4.47 Å². The van der Waals surface area contributed by atoms with Gasteiger partial charge < -0.3 is 9.47 Å². The second-order valence-electron chi connectivity index (χ2n) is 3.55. The van der Waals surface area contributed by atoms with Crippen molar-refractivity contribution in [2.75, 3.05) is 6.61 Å². The van der Waals surface area contributed by atoms with Crippen molar-refractivity contribution in [2.24, 2.45) is 0 Å². The van der Waals surface area contributed by atoms with E-state index in [-0.39, 0.29) is 33.2 Å². The standard InChI is InChI=1S/C11H8BrClN4O4/c1-2-20-10-14-9(13)15-11(16-10)21-7-5-3-4-6(8(7)12)17(18)19/h3-5H,2H2,1H3. The fourth-order valence-electron chi connectivity index (χ4n) is 1.37. The highest BCUT2D eigenvalue weighted by molar-refractivity contribution is 9.10. The number of halogens is 2. The van der Waals surface area contributed by atoms with Gasteiger partial charge in [0, 0.05) is 6.07 Å². The Morgan fingerprint density at radius 2 is 2.05 bits per heavy atom.